The van der Waals surface area contributed by atoms with Gasteiger partial charge >= 0.3 is 5.97 Å². The summed E-state index contributed by atoms with van der Waals surface area (Å²) in [5, 5.41) is 13.4. The van der Waals surface area contributed by atoms with Gasteiger partial charge in [-0.25, -0.2) is 4.79 Å². The second kappa shape index (κ2) is 4.33. The van der Waals surface area contributed by atoms with E-state index < -0.39 is 5.97 Å². The SMILES string of the molecule is CCn1nc(C)c(-c2ccc(C(=O)O)s2)c1C. The first kappa shape index (κ1) is 11.9. The predicted octanol–water partition coefficient (Wildman–Crippen LogP) is 2.95. The molecule has 0 spiro atoms. The van der Waals surface area contributed by atoms with Gasteiger partial charge in [0.2, 0.25) is 0 Å². The Kier molecular flexibility index (Phi) is 3.02. The molecule has 2 heterocycles. The summed E-state index contributed by atoms with van der Waals surface area (Å²) in [4.78, 5) is 12.2. The highest BCUT2D eigenvalue weighted by molar-refractivity contribution is 7.17. The van der Waals surface area contributed by atoms with Crippen molar-refractivity contribution in [2.24, 2.45) is 0 Å². The minimum Gasteiger partial charge on any atom is -0.477 e. The Hall–Kier alpha value is -1.62. The first-order chi connectivity index (χ1) is 8.04. The third-order valence-corrected chi connectivity index (χ3v) is 3.83. The fraction of sp³-hybridized carbons (Fsp3) is 0.333. The molecule has 0 aliphatic rings. The molecule has 2 aromatic heterocycles. The van der Waals surface area contributed by atoms with Gasteiger partial charge in [0.1, 0.15) is 4.88 Å². The molecule has 0 amide bonds. The summed E-state index contributed by atoms with van der Waals surface area (Å²) in [6.07, 6.45) is 0. The lowest BCUT2D eigenvalue weighted by Crippen LogP contribution is -1.98. The van der Waals surface area contributed by atoms with E-state index in [0.29, 0.717) is 4.88 Å². The van der Waals surface area contributed by atoms with Crippen LogP contribution in [-0.2, 0) is 6.54 Å². The van der Waals surface area contributed by atoms with Gasteiger partial charge in [0.15, 0.2) is 0 Å². The number of carbonyl (C=O) groups is 1. The number of carboxylic acids is 1. The smallest absolute Gasteiger partial charge is 0.345 e. The lowest BCUT2D eigenvalue weighted by Gasteiger charge is -2.00. The van der Waals surface area contributed by atoms with Crippen LogP contribution in [0.3, 0.4) is 0 Å². The Labute approximate surface area is 104 Å². The molecule has 0 aliphatic heterocycles. The number of hydrogen-bond donors (Lipinski definition) is 1. The number of nitrogens with zero attached hydrogens (tertiary/aromatic N) is 2. The molecule has 17 heavy (non-hydrogen) atoms. The number of hydrogen-bond acceptors (Lipinski definition) is 3. The molecule has 0 unspecified atom stereocenters. The zero-order valence-electron chi connectivity index (χ0n) is 10.0. The van der Waals surface area contributed by atoms with E-state index in [1.165, 1.54) is 11.3 Å². The number of thiophene rings is 1. The minimum atomic E-state index is -0.876. The van der Waals surface area contributed by atoms with Gasteiger partial charge in [-0.3, -0.25) is 4.68 Å². The van der Waals surface area contributed by atoms with Gasteiger partial charge in [0.05, 0.1) is 5.69 Å². The molecule has 0 fully saturated rings. The maximum absolute atomic E-state index is 10.9. The summed E-state index contributed by atoms with van der Waals surface area (Å²) in [5.74, 6) is -0.876. The van der Waals surface area contributed by atoms with Crippen molar-refractivity contribution in [2.75, 3.05) is 0 Å². The third-order valence-electron chi connectivity index (χ3n) is 2.74. The maximum Gasteiger partial charge on any atom is 0.345 e. The number of aryl methyl sites for hydroxylation is 2. The van der Waals surface area contributed by atoms with Gasteiger partial charge in [0.25, 0.3) is 0 Å². The molecular formula is C12H14N2O2S. The monoisotopic (exact) mass is 250 g/mol. The van der Waals surface area contributed by atoms with Crippen molar-refractivity contribution in [3.05, 3.63) is 28.4 Å². The van der Waals surface area contributed by atoms with Gasteiger partial charge in [-0.2, -0.15) is 5.10 Å². The number of aromatic nitrogens is 2. The summed E-state index contributed by atoms with van der Waals surface area (Å²) < 4.78 is 1.94. The first-order valence-electron chi connectivity index (χ1n) is 5.42. The predicted molar refractivity (Wildman–Crippen MR) is 67.6 cm³/mol. The fourth-order valence-electron chi connectivity index (χ4n) is 1.95. The molecule has 0 aromatic carbocycles. The van der Waals surface area contributed by atoms with Crippen molar-refractivity contribution < 1.29 is 9.90 Å². The van der Waals surface area contributed by atoms with Crippen LogP contribution < -0.4 is 0 Å². The number of carboxylic acid groups (broad SMARTS) is 1. The molecule has 0 atom stereocenters. The Balaban J connectivity index is 2.52. The van der Waals surface area contributed by atoms with Crippen LogP contribution >= 0.6 is 11.3 Å². The Morgan fingerprint density at radius 2 is 2.18 bits per heavy atom. The Bertz CT molecular complexity index is 569. The van der Waals surface area contributed by atoms with E-state index in [9.17, 15) is 4.79 Å². The van der Waals surface area contributed by atoms with Crippen LogP contribution in [0.25, 0.3) is 10.4 Å². The molecule has 0 saturated heterocycles. The second-order valence-electron chi connectivity index (χ2n) is 3.83. The molecule has 4 nitrogen and oxygen atoms in total. The van der Waals surface area contributed by atoms with E-state index in [0.717, 1.165) is 28.4 Å². The van der Waals surface area contributed by atoms with Gasteiger partial charge in [0, 0.05) is 22.7 Å². The van der Waals surface area contributed by atoms with E-state index in [1.807, 2.05) is 31.5 Å². The molecule has 0 radical (unpaired) electrons. The summed E-state index contributed by atoms with van der Waals surface area (Å²) in [7, 11) is 0. The number of rotatable bonds is 3. The van der Waals surface area contributed by atoms with E-state index >= 15 is 0 Å². The average Bonchev–Trinajstić information content (AvgIpc) is 2.83. The zero-order valence-corrected chi connectivity index (χ0v) is 10.8. The summed E-state index contributed by atoms with van der Waals surface area (Å²) in [5.41, 5.74) is 3.09. The average molecular weight is 250 g/mol. The van der Waals surface area contributed by atoms with Crippen LogP contribution in [0.15, 0.2) is 12.1 Å². The summed E-state index contributed by atoms with van der Waals surface area (Å²) >= 11 is 1.29. The minimum absolute atomic E-state index is 0.364. The van der Waals surface area contributed by atoms with Crippen molar-refractivity contribution in [3.8, 4) is 10.4 Å². The van der Waals surface area contributed by atoms with Crippen molar-refractivity contribution in [1.29, 1.82) is 0 Å². The highest BCUT2D eigenvalue weighted by atomic mass is 32.1. The molecule has 5 heteroatoms. The Morgan fingerprint density at radius 1 is 1.47 bits per heavy atom. The van der Waals surface area contributed by atoms with Gasteiger partial charge in [-0.1, -0.05) is 0 Å². The molecular weight excluding hydrogens is 236 g/mol. The zero-order chi connectivity index (χ0) is 12.6. The lowest BCUT2D eigenvalue weighted by atomic mass is 10.1. The van der Waals surface area contributed by atoms with E-state index in [1.54, 1.807) is 6.07 Å². The van der Waals surface area contributed by atoms with E-state index in [4.69, 9.17) is 5.11 Å². The fourth-order valence-corrected chi connectivity index (χ4v) is 2.94. The molecule has 2 rings (SSSR count). The van der Waals surface area contributed by atoms with E-state index in [-0.39, 0.29) is 0 Å². The van der Waals surface area contributed by atoms with Crippen molar-refractivity contribution in [1.82, 2.24) is 9.78 Å². The quantitative estimate of drug-likeness (QED) is 0.911. The molecule has 0 bridgehead atoms. The molecule has 0 aliphatic carbocycles. The molecule has 90 valence electrons. The highest BCUT2D eigenvalue weighted by Gasteiger charge is 2.16. The topological polar surface area (TPSA) is 55.1 Å². The van der Waals surface area contributed by atoms with Crippen LogP contribution in [-0.4, -0.2) is 20.9 Å². The third kappa shape index (κ3) is 1.98. The Morgan fingerprint density at radius 3 is 2.65 bits per heavy atom. The van der Waals surface area contributed by atoms with Crippen molar-refractivity contribution in [3.63, 3.8) is 0 Å². The molecule has 1 N–H and O–H groups in total. The molecule has 0 saturated carbocycles. The second-order valence-corrected chi connectivity index (χ2v) is 4.91. The van der Waals surface area contributed by atoms with Gasteiger partial charge in [-0.05, 0) is 32.9 Å². The summed E-state index contributed by atoms with van der Waals surface area (Å²) in [6.45, 7) is 6.83. The lowest BCUT2D eigenvalue weighted by molar-refractivity contribution is 0.0702. The van der Waals surface area contributed by atoms with E-state index in [2.05, 4.69) is 5.10 Å². The van der Waals surface area contributed by atoms with Crippen LogP contribution in [0, 0.1) is 13.8 Å². The normalized spacial score (nSPS) is 10.8. The standard InChI is InChI=1S/C12H14N2O2S/c1-4-14-8(3)11(7(2)13-14)9-5-6-10(17-9)12(15)16/h5-6H,4H2,1-3H3,(H,15,16). The maximum atomic E-state index is 10.9. The summed E-state index contributed by atoms with van der Waals surface area (Å²) in [6, 6.07) is 3.50. The van der Waals surface area contributed by atoms with Crippen LogP contribution in [0.2, 0.25) is 0 Å². The molecule has 2 aromatic rings. The van der Waals surface area contributed by atoms with Crippen molar-refractivity contribution >= 4 is 17.3 Å². The largest absolute Gasteiger partial charge is 0.477 e. The van der Waals surface area contributed by atoms with Crippen molar-refractivity contribution in [2.45, 2.75) is 27.3 Å². The van der Waals surface area contributed by atoms with Crippen LogP contribution in [0.1, 0.15) is 28.0 Å². The highest BCUT2D eigenvalue weighted by Crippen LogP contribution is 2.32. The van der Waals surface area contributed by atoms with Crippen LogP contribution in [0.4, 0.5) is 0 Å². The van der Waals surface area contributed by atoms with Gasteiger partial charge < -0.3 is 5.11 Å². The van der Waals surface area contributed by atoms with Gasteiger partial charge in [-0.15, -0.1) is 11.3 Å². The number of aromatic carboxylic acids is 1. The van der Waals surface area contributed by atoms with Crippen LogP contribution in [0.5, 0.6) is 0 Å². The first-order valence-corrected chi connectivity index (χ1v) is 6.23.